The minimum absolute atomic E-state index is 0.00615. The first kappa shape index (κ1) is 28.7. The second-order valence-electron chi connectivity index (χ2n) is 11.4. The molecule has 5 rings (SSSR count). The zero-order valence-corrected chi connectivity index (χ0v) is 24.2. The summed E-state index contributed by atoms with van der Waals surface area (Å²) >= 11 is 12.3. The molecule has 1 saturated heterocycles. The van der Waals surface area contributed by atoms with Crippen molar-refractivity contribution in [3.63, 3.8) is 0 Å². The van der Waals surface area contributed by atoms with Gasteiger partial charge in [0.25, 0.3) is 5.91 Å². The Morgan fingerprint density at radius 1 is 1.15 bits per heavy atom. The standard InChI is InChI=1S/C28H32Cl2F2N2O4S/c1-3-25(18-8-20(29)11-21(30)9-18)34-14-28(32,15-34)16-38-13-19-10-24(31)23(12-22(19)17-4-5-17)26(35)33-39(36,37)27(2)6-7-27/h8-12,17,25H,3-7,13-16H2,1-2H3,(H,33,35). The lowest BCUT2D eigenvalue weighted by atomic mass is 9.91. The van der Waals surface area contributed by atoms with Gasteiger partial charge in [-0.1, -0.05) is 30.1 Å². The third-order valence-electron chi connectivity index (χ3n) is 8.01. The van der Waals surface area contributed by atoms with E-state index in [2.05, 4.69) is 0 Å². The van der Waals surface area contributed by atoms with Crippen LogP contribution < -0.4 is 4.72 Å². The number of carbonyl (C=O) groups is 1. The van der Waals surface area contributed by atoms with Crippen LogP contribution in [0.4, 0.5) is 8.78 Å². The predicted molar refractivity (Wildman–Crippen MR) is 147 cm³/mol. The molecule has 1 heterocycles. The maximum Gasteiger partial charge on any atom is 0.267 e. The number of nitrogens with zero attached hydrogens (tertiary/aromatic N) is 1. The molecule has 0 radical (unpaired) electrons. The number of ether oxygens (including phenoxy) is 1. The predicted octanol–water partition coefficient (Wildman–Crippen LogP) is 6.31. The van der Waals surface area contributed by atoms with E-state index in [1.807, 2.05) is 28.7 Å². The van der Waals surface area contributed by atoms with E-state index in [9.17, 15) is 17.6 Å². The number of carbonyl (C=O) groups excluding carboxylic acids is 1. The van der Waals surface area contributed by atoms with Gasteiger partial charge in [-0.2, -0.15) is 0 Å². The van der Waals surface area contributed by atoms with E-state index in [4.69, 9.17) is 27.9 Å². The van der Waals surface area contributed by atoms with Crippen molar-refractivity contribution >= 4 is 39.1 Å². The highest BCUT2D eigenvalue weighted by molar-refractivity contribution is 7.91. The minimum atomic E-state index is -3.89. The Hall–Kier alpha value is -1.78. The number of alkyl halides is 1. The molecular formula is C28H32Cl2F2N2O4S. The van der Waals surface area contributed by atoms with E-state index >= 15 is 4.39 Å². The van der Waals surface area contributed by atoms with E-state index < -0.39 is 32.2 Å². The van der Waals surface area contributed by atoms with Gasteiger partial charge in [-0.3, -0.25) is 9.69 Å². The van der Waals surface area contributed by atoms with Crippen LogP contribution in [0, 0.1) is 5.82 Å². The molecule has 2 aromatic rings. The first-order valence-corrected chi connectivity index (χ1v) is 15.4. The van der Waals surface area contributed by atoms with Crippen LogP contribution in [0.3, 0.4) is 0 Å². The van der Waals surface area contributed by atoms with Crippen molar-refractivity contribution in [2.24, 2.45) is 0 Å². The van der Waals surface area contributed by atoms with E-state index in [0.717, 1.165) is 30.4 Å². The summed E-state index contributed by atoms with van der Waals surface area (Å²) in [5.74, 6) is -1.66. The molecule has 1 N–H and O–H groups in total. The topological polar surface area (TPSA) is 75.7 Å². The van der Waals surface area contributed by atoms with Gasteiger partial charge in [-0.05, 0) is 92.0 Å². The fourth-order valence-electron chi connectivity index (χ4n) is 5.26. The van der Waals surface area contributed by atoms with Crippen molar-refractivity contribution in [3.05, 3.63) is 68.4 Å². The van der Waals surface area contributed by atoms with Gasteiger partial charge in [0.1, 0.15) is 5.82 Å². The number of benzene rings is 2. The fourth-order valence-corrected chi connectivity index (χ4v) is 7.04. The molecule has 0 spiro atoms. The van der Waals surface area contributed by atoms with E-state index in [0.29, 0.717) is 28.5 Å². The zero-order chi connectivity index (χ0) is 28.2. The maximum absolute atomic E-state index is 15.4. The third-order valence-corrected chi connectivity index (χ3v) is 10.6. The number of hydrogen-bond acceptors (Lipinski definition) is 5. The Kier molecular flexibility index (Phi) is 7.78. The highest BCUT2D eigenvalue weighted by atomic mass is 35.5. The number of amides is 1. The minimum Gasteiger partial charge on any atom is -0.373 e. The molecule has 1 amide bonds. The second-order valence-corrected chi connectivity index (χ2v) is 14.4. The monoisotopic (exact) mass is 600 g/mol. The normalized spacial score (nSPS) is 20.8. The summed E-state index contributed by atoms with van der Waals surface area (Å²) in [6.45, 7) is 3.80. The van der Waals surface area contributed by atoms with Gasteiger partial charge in [0, 0.05) is 29.2 Å². The van der Waals surface area contributed by atoms with Gasteiger partial charge in [0.05, 0.1) is 23.5 Å². The van der Waals surface area contributed by atoms with Crippen LogP contribution in [0.2, 0.25) is 10.0 Å². The molecule has 0 bridgehead atoms. The Balaban J connectivity index is 1.21. The van der Waals surface area contributed by atoms with Gasteiger partial charge >= 0.3 is 0 Å². The molecule has 1 unspecified atom stereocenters. The largest absolute Gasteiger partial charge is 0.373 e. The molecule has 2 saturated carbocycles. The van der Waals surface area contributed by atoms with Gasteiger partial charge in [-0.25, -0.2) is 21.9 Å². The average molecular weight is 602 g/mol. The number of sulfonamides is 1. The van der Waals surface area contributed by atoms with Crippen LogP contribution >= 0.6 is 23.2 Å². The van der Waals surface area contributed by atoms with Crippen molar-refractivity contribution in [3.8, 4) is 0 Å². The Labute approximate surface area is 238 Å². The average Bonchev–Trinajstić information content (AvgIpc) is 3.75. The van der Waals surface area contributed by atoms with Gasteiger partial charge in [-0.15, -0.1) is 0 Å². The first-order valence-electron chi connectivity index (χ1n) is 13.2. The third kappa shape index (κ3) is 6.12. The van der Waals surface area contributed by atoms with Gasteiger partial charge in [0.2, 0.25) is 10.0 Å². The van der Waals surface area contributed by atoms with Crippen molar-refractivity contribution in [2.75, 3.05) is 19.7 Å². The Morgan fingerprint density at radius 3 is 2.36 bits per heavy atom. The van der Waals surface area contributed by atoms with E-state index in [-0.39, 0.29) is 43.8 Å². The highest BCUT2D eigenvalue weighted by Gasteiger charge is 2.51. The number of rotatable bonds is 11. The van der Waals surface area contributed by atoms with Gasteiger partial charge < -0.3 is 4.74 Å². The smallest absolute Gasteiger partial charge is 0.267 e. The van der Waals surface area contributed by atoms with Crippen LogP contribution in [0.25, 0.3) is 0 Å². The molecule has 212 valence electrons. The quantitative estimate of drug-likeness (QED) is 0.327. The number of hydrogen-bond donors (Lipinski definition) is 1. The summed E-state index contributed by atoms with van der Waals surface area (Å²) in [7, 11) is -3.89. The van der Waals surface area contributed by atoms with Crippen LogP contribution in [0.5, 0.6) is 0 Å². The lowest BCUT2D eigenvalue weighted by Crippen LogP contribution is -2.62. The second kappa shape index (κ2) is 10.6. The SMILES string of the molecule is CCC(c1cc(Cl)cc(Cl)c1)N1CC(F)(COCc2cc(F)c(C(=O)NS(=O)(=O)C3(C)CC3)cc2C2CC2)C1. The van der Waals surface area contributed by atoms with Crippen LogP contribution in [0.1, 0.15) is 85.0 Å². The molecule has 2 aliphatic carbocycles. The Bertz CT molecular complexity index is 1370. The maximum atomic E-state index is 15.4. The summed E-state index contributed by atoms with van der Waals surface area (Å²) < 4.78 is 62.1. The van der Waals surface area contributed by atoms with Crippen molar-refractivity contribution in [2.45, 2.75) is 74.9 Å². The molecule has 3 aliphatic rings. The molecule has 11 heteroatoms. The number of likely N-dealkylation sites (tertiary alicyclic amines) is 1. The lowest BCUT2D eigenvalue weighted by Gasteiger charge is -2.48. The molecule has 0 aromatic heterocycles. The molecular weight excluding hydrogens is 569 g/mol. The molecule has 39 heavy (non-hydrogen) atoms. The Morgan fingerprint density at radius 2 is 1.79 bits per heavy atom. The number of nitrogens with one attached hydrogen (secondary N) is 1. The lowest BCUT2D eigenvalue weighted by molar-refractivity contribution is -0.107. The zero-order valence-electron chi connectivity index (χ0n) is 21.9. The molecule has 1 aliphatic heterocycles. The number of halogens is 4. The molecule has 3 fully saturated rings. The summed E-state index contributed by atoms with van der Waals surface area (Å²) in [4.78, 5) is 14.7. The molecule has 1 atom stereocenters. The summed E-state index contributed by atoms with van der Waals surface area (Å²) in [5, 5.41) is 1.07. The summed E-state index contributed by atoms with van der Waals surface area (Å²) in [6, 6.07) is 7.96. The van der Waals surface area contributed by atoms with Gasteiger partial charge in [0.15, 0.2) is 5.67 Å². The molecule has 2 aromatic carbocycles. The van der Waals surface area contributed by atoms with Crippen LogP contribution in [-0.2, 0) is 21.4 Å². The van der Waals surface area contributed by atoms with Crippen molar-refractivity contribution in [1.29, 1.82) is 0 Å². The fraction of sp³-hybridized carbons (Fsp3) is 0.536. The van der Waals surface area contributed by atoms with Crippen LogP contribution in [-0.4, -0.2) is 49.3 Å². The molecule has 6 nitrogen and oxygen atoms in total. The van der Waals surface area contributed by atoms with Crippen molar-refractivity contribution in [1.82, 2.24) is 9.62 Å². The van der Waals surface area contributed by atoms with E-state index in [1.54, 1.807) is 13.0 Å². The van der Waals surface area contributed by atoms with Crippen LogP contribution in [0.15, 0.2) is 30.3 Å². The first-order chi connectivity index (χ1) is 18.3. The van der Waals surface area contributed by atoms with E-state index in [1.165, 1.54) is 12.1 Å². The highest BCUT2D eigenvalue weighted by Crippen LogP contribution is 2.44. The summed E-state index contributed by atoms with van der Waals surface area (Å²) in [6.07, 6.45) is 3.44. The summed E-state index contributed by atoms with van der Waals surface area (Å²) in [5.41, 5.74) is 0.371. The van der Waals surface area contributed by atoms with Crippen molar-refractivity contribution < 1.29 is 26.7 Å².